The Hall–Kier alpha value is -4.04. The monoisotopic (exact) mass is 650 g/mol. The molecule has 0 saturated heterocycles. The molecule has 0 aliphatic rings. The average molecular weight is 652 g/mol. The molecule has 0 atom stereocenters. The molecule has 0 spiro atoms. The van der Waals surface area contributed by atoms with Crippen molar-refractivity contribution in [2.24, 2.45) is 5.10 Å². The van der Waals surface area contributed by atoms with E-state index in [4.69, 9.17) is 14.2 Å². The molecule has 0 aliphatic heterocycles. The smallest absolute Gasteiger partial charge is 0.318 e. The lowest BCUT2D eigenvalue weighted by Gasteiger charge is -2.12. The number of nitro benzene ring substituents is 2. The number of non-ortho nitro benzene ring substituents is 1. The molecule has 12 nitrogen and oxygen atoms in total. The van der Waals surface area contributed by atoms with Crippen LogP contribution < -0.4 is 19.6 Å². The number of halogens is 2. The summed E-state index contributed by atoms with van der Waals surface area (Å²) in [6.45, 7) is 4.47. The maximum Gasteiger partial charge on any atom is 0.318 e. The zero-order valence-electron chi connectivity index (χ0n) is 20.0. The van der Waals surface area contributed by atoms with Gasteiger partial charge in [-0.1, -0.05) is 15.9 Å². The Morgan fingerprint density at radius 2 is 1.63 bits per heavy atom. The number of hydrogen-bond acceptors (Lipinski definition) is 9. The van der Waals surface area contributed by atoms with Gasteiger partial charge in [-0.2, -0.15) is 5.10 Å². The summed E-state index contributed by atoms with van der Waals surface area (Å²) in [5.41, 5.74) is 1.98. The van der Waals surface area contributed by atoms with Crippen LogP contribution in [0.5, 0.6) is 23.0 Å². The molecule has 3 rings (SSSR count). The highest BCUT2D eigenvalue weighted by atomic mass is 79.9. The number of hydrogen-bond donors (Lipinski definition) is 1. The summed E-state index contributed by atoms with van der Waals surface area (Å²) in [5.74, 6) is 0.314. The molecule has 0 fully saturated rings. The second kappa shape index (κ2) is 13.0. The first-order valence-electron chi connectivity index (χ1n) is 11.0. The maximum absolute atomic E-state index is 12.7. The van der Waals surface area contributed by atoms with Crippen molar-refractivity contribution < 1.29 is 28.9 Å². The van der Waals surface area contributed by atoms with Crippen molar-refractivity contribution in [1.29, 1.82) is 0 Å². The molecule has 1 N–H and O–H groups in total. The van der Waals surface area contributed by atoms with E-state index in [-0.39, 0.29) is 17.1 Å². The third-order valence-corrected chi connectivity index (χ3v) is 5.82. The van der Waals surface area contributed by atoms with Crippen LogP contribution in [0, 0.1) is 20.2 Å². The molecular formula is C24H20Br2N4O8. The predicted molar refractivity (Wildman–Crippen MR) is 146 cm³/mol. The van der Waals surface area contributed by atoms with E-state index in [0.29, 0.717) is 39.2 Å². The molecule has 0 bridgehead atoms. The molecule has 0 unspecified atom stereocenters. The molecular weight excluding hydrogens is 632 g/mol. The first-order valence-corrected chi connectivity index (χ1v) is 12.6. The minimum atomic E-state index is -0.781. The lowest BCUT2D eigenvalue weighted by molar-refractivity contribution is -0.394. The number of hydrazone groups is 1. The first-order chi connectivity index (χ1) is 18.1. The Labute approximate surface area is 233 Å². The van der Waals surface area contributed by atoms with Crippen LogP contribution in [0.15, 0.2) is 62.6 Å². The van der Waals surface area contributed by atoms with Crippen LogP contribution in [0.25, 0.3) is 0 Å². The minimum Gasteiger partial charge on any atom is -0.490 e. The van der Waals surface area contributed by atoms with E-state index in [1.165, 1.54) is 12.3 Å². The Kier molecular flexibility index (Phi) is 9.73. The number of nitrogens with zero attached hydrogens (tertiary/aromatic N) is 3. The van der Waals surface area contributed by atoms with Gasteiger partial charge in [-0.25, -0.2) is 5.43 Å². The van der Waals surface area contributed by atoms with Crippen molar-refractivity contribution in [1.82, 2.24) is 5.43 Å². The molecule has 0 aromatic heterocycles. The Bertz CT molecular complexity index is 1410. The highest BCUT2D eigenvalue weighted by Gasteiger charge is 2.23. The number of benzene rings is 3. The summed E-state index contributed by atoms with van der Waals surface area (Å²) >= 11 is 6.70. The van der Waals surface area contributed by atoms with E-state index in [1.54, 1.807) is 24.3 Å². The minimum absolute atomic E-state index is 0.128. The molecule has 0 heterocycles. The average Bonchev–Trinajstić information content (AvgIpc) is 2.87. The van der Waals surface area contributed by atoms with Gasteiger partial charge in [0.1, 0.15) is 0 Å². The van der Waals surface area contributed by atoms with Crippen molar-refractivity contribution in [3.05, 3.63) is 88.8 Å². The third-order valence-electron chi connectivity index (χ3n) is 4.77. The molecule has 14 heteroatoms. The summed E-state index contributed by atoms with van der Waals surface area (Å²) < 4.78 is 17.8. The highest BCUT2D eigenvalue weighted by molar-refractivity contribution is 9.11. The summed E-state index contributed by atoms with van der Waals surface area (Å²) in [6.07, 6.45) is 1.29. The number of amides is 1. The Morgan fingerprint density at radius 1 is 0.947 bits per heavy atom. The summed E-state index contributed by atoms with van der Waals surface area (Å²) in [4.78, 5) is 33.7. The zero-order chi connectivity index (χ0) is 27.8. The van der Waals surface area contributed by atoms with Crippen molar-refractivity contribution in [2.45, 2.75) is 13.8 Å². The molecule has 0 aliphatic carbocycles. The standard InChI is InChI=1S/C24H20Br2N4O8/c1-3-36-21-7-5-14(10-22(21)37-4-2)24(31)28-27-13-15-9-16(25)11-18(26)23(15)38-20-8-6-17(29(32)33)12-19(20)30(34)35/h5-13H,3-4H2,1-2H3,(H,28,31)/b27-13+. The summed E-state index contributed by atoms with van der Waals surface area (Å²) in [7, 11) is 0. The number of nitro groups is 2. The van der Waals surface area contributed by atoms with Crippen LogP contribution in [-0.4, -0.2) is 35.2 Å². The van der Waals surface area contributed by atoms with E-state index < -0.39 is 27.1 Å². The largest absolute Gasteiger partial charge is 0.490 e. The number of ether oxygens (including phenoxy) is 3. The lowest BCUT2D eigenvalue weighted by atomic mass is 10.2. The van der Waals surface area contributed by atoms with Gasteiger partial charge in [-0.3, -0.25) is 25.0 Å². The van der Waals surface area contributed by atoms with Gasteiger partial charge in [0.05, 0.1) is 39.8 Å². The molecule has 0 radical (unpaired) electrons. The van der Waals surface area contributed by atoms with Gasteiger partial charge in [-0.05, 0) is 66.2 Å². The van der Waals surface area contributed by atoms with E-state index >= 15 is 0 Å². The fourth-order valence-electron chi connectivity index (χ4n) is 3.16. The van der Waals surface area contributed by atoms with Crippen LogP contribution >= 0.6 is 31.9 Å². The van der Waals surface area contributed by atoms with E-state index in [2.05, 4.69) is 42.4 Å². The summed E-state index contributed by atoms with van der Waals surface area (Å²) in [6, 6.07) is 11.0. The van der Waals surface area contributed by atoms with Crippen molar-refractivity contribution >= 4 is 55.4 Å². The molecule has 1 amide bonds. The van der Waals surface area contributed by atoms with Crippen LogP contribution in [0.2, 0.25) is 0 Å². The van der Waals surface area contributed by atoms with Gasteiger partial charge in [0, 0.05) is 21.7 Å². The molecule has 0 saturated carbocycles. The predicted octanol–water partition coefficient (Wildman–Crippen LogP) is 6.38. The molecule has 38 heavy (non-hydrogen) atoms. The maximum atomic E-state index is 12.7. The first kappa shape index (κ1) is 28.5. The second-order valence-corrected chi connectivity index (χ2v) is 9.07. The molecule has 198 valence electrons. The van der Waals surface area contributed by atoms with Crippen molar-refractivity contribution in [2.75, 3.05) is 13.2 Å². The highest BCUT2D eigenvalue weighted by Crippen LogP contribution is 2.40. The third kappa shape index (κ3) is 7.04. The number of nitrogens with one attached hydrogen (secondary N) is 1. The number of carbonyl (C=O) groups is 1. The lowest BCUT2D eigenvalue weighted by Crippen LogP contribution is -2.18. The van der Waals surface area contributed by atoms with Crippen molar-refractivity contribution in [3.63, 3.8) is 0 Å². The molecule has 3 aromatic carbocycles. The fourth-order valence-corrected chi connectivity index (χ4v) is 4.50. The van der Waals surface area contributed by atoms with E-state index in [1.807, 2.05) is 13.8 Å². The number of carbonyl (C=O) groups excluding carboxylic acids is 1. The zero-order valence-corrected chi connectivity index (χ0v) is 23.1. The Morgan fingerprint density at radius 3 is 2.29 bits per heavy atom. The van der Waals surface area contributed by atoms with Gasteiger partial charge in [0.25, 0.3) is 11.6 Å². The van der Waals surface area contributed by atoms with E-state index in [0.717, 1.165) is 18.2 Å². The molecule has 3 aromatic rings. The van der Waals surface area contributed by atoms with Crippen LogP contribution in [0.4, 0.5) is 11.4 Å². The van der Waals surface area contributed by atoms with Crippen molar-refractivity contribution in [3.8, 4) is 23.0 Å². The van der Waals surface area contributed by atoms with Crippen LogP contribution in [0.1, 0.15) is 29.8 Å². The topological polar surface area (TPSA) is 155 Å². The van der Waals surface area contributed by atoms with Gasteiger partial charge >= 0.3 is 5.69 Å². The normalized spacial score (nSPS) is 10.7. The van der Waals surface area contributed by atoms with Gasteiger partial charge in [0.2, 0.25) is 5.75 Å². The van der Waals surface area contributed by atoms with Crippen LogP contribution in [0.3, 0.4) is 0 Å². The van der Waals surface area contributed by atoms with Gasteiger partial charge in [-0.15, -0.1) is 0 Å². The summed E-state index contributed by atoms with van der Waals surface area (Å²) in [5, 5.41) is 26.5. The van der Waals surface area contributed by atoms with Gasteiger partial charge in [0.15, 0.2) is 17.2 Å². The Balaban J connectivity index is 1.88. The van der Waals surface area contributed by atoms with E-state index in [9.17, 15) is 25.0 Å². The van der Waals surface area contributed by atoms with Crippen LogP contribution in [-0.2, 0) is 0 Å². The SMILES string of the molecule is CCOc1ccc(C(=O)N/N=C/c2cc(Br)cc(Br)c2Oc2ccc([N+](=O)[O-])cc2[N+](=O)[O-])cc1OCC. The second-order valence-electron chi connectivity index (χ2n) is 7.30. The fraction of sp³-hybridized carbons (Fsp3) is 0.167. The van der Waals surface area contributed by atoms with Gasteiger partial charge < -0.3 is 14.2 Å². The number of rotatable bonds is 11. The quantitative estimate of drug-likeness (QED) is 0.142.